The molecule has 3 heterocycles. The summed E-state index contributed by atoms with van der Waals surface area (Å²) >= 11 is 0. The highest BCUT2D eigenvalue weighted by molar-refractivity contribution is 6.00. The summed E-state index contributed by atoms with van der Waals surface area (Å²) in [7, 11) is 0. The van der Waals surface area contributed by atoms with E-state index >= 15 is 0 Å². The number of rotatable bonds is 3. The van der Waals surface area contributed by atoms with Crippen LogP contribution in [0.15, 0.2) is 41.7 Å². The van der Waals surface area contributed by atoms with Gasteiger partial charge < -0.3 is 19.6 Å². The first-order chi connectivity index (χ1) is 15.0. The Bertz CT molecular complexity index is 988. The summed E-state index contributed by atoms with van der Waals surface area (Å²) in [5, 5.41) is 13.7. The molecule has 5 rings (SSSR count). The molecule has 1 aromatic heterocycles. The van der Waals surface area contributed by atoms with E-state index in [9.17, 15) is 5.21 Å². The van der Waals surface area contributed by atoms with Crippen molar-refractivity contribution in [2.24, 2.45) is 17.0 Å². The van der Waals surface area contributed by atoms with Crippen LogP contribution in [0.4, 0.5) is 0 Å². The molecule has 2 fully saturated rings. The van der Waals surface area contributed by atoms with Gasteiger partial charge in [0.05, 0.1) is 5.56 Å². The maximum absolute atomic E-state index is 9.98. The Hall–Kier alpha value is -2.76. The highest BCUT2D eigenvalue weighted by Gasteiger charge is 2.35. The number of hydrogen-bond donors (Lipinski definition) is 1. The van der Waals surface area contributed by atoms with Gasteiger partial charge in [0.25, 0.3) is 0 Å². The first-order valence-corrected chi connectivity index (χ1v) is 11.5. The van der Waals surface area contributed by atoms with Gasteiger partial charge in [0.2, 0.25) is 5.88 Å². The van der Waals surface area contributed by atoms with Crippen molar-refractivity contribution >= 4 is 5.84 Å². The lowest BCUT2D eigenvalue weighted by atomic mass is 9.75. The SMILES string of the molecule is CC1(C)Cc2cccc(Oc3ncccc3/C(=N/O)N3CCC4CCCCC4C3)c2O1. The highest BCUT2D eigenvalue weighted by atomic mass is 16.5. The average molecular weight is 422 g/mol. The van der Waals surface area contributed by atoms with Crippen molar-refractivity contribution in [2.45, 2.75) is 58.0 Å². The van der Waals surface area contributed by atoms with Gasteiger partial charge in [-0.05, 0) is 56.7 Å². The number of para-hydroxylation sites is 1. The van der Waals surface area contributed by atoms with Crippen molar-refractivity contribution < 1.29 is 14.7 Å². The molecule has 1 saturated heterocycles. The maximum atomic E-state index is 9.98. The normalized spacial score (nSPS) is 24.8. The van der Waals surface area contributed by atoms with Crippen LogP contribution in [-0.4, -0.2) is 39.6 Å². The minimum absolute atomic E-state index is 0.253. The van der Waals surface area contributed by atoms with Crippen molar-refractivity contribution in [1.29, 1.82) is 0 Å². The number of oxime groups is 1. The van der Waals surface area contributed by atoms with E-state index in [1.807, 2.05) is 24.3 Å². The van der Waals surface area contributed by atoms with Crippen LogP contribution in [0, 0.1) is 11.8 Å². The molecule has 6 nitrogen and oxygen atoms in total. The molecule has 0 radical (unpaired) electrons. The van der Waals surface area contributed by atoms with Gasteiger partial charge in [-0.3, -0.25) is 0 Å². The molecule has 1 saturated carbocycles. The van der Waals surface area contributed by atoms with Gasteiger partial charge in [-0.2, -0.15) is 0 Å². The van der Waals surface area contributed by atoms with Crippen molar-refractivity contribution in [3.8, 4) is 17.4 Å². The lowest BCUT2D eigenvalue weighted by Gasteiger charge is -2.42. The third kappa shape index (κ3) is 3.95. The quantitative estimate of drug-likeness (QED) is 0.318. The number of fused-ring (bicyclic) bond motifs is 2. The van der Waals surface area contributed by atoms with E-state index in [0.29, 0.717) is 28.9 Å². The maximum Gasteiger partial charge on any atom is 0.230 e. The number of piperidine rings is 1. The molecule has 3 aliphatic rings. The topological polar surface area (TPSA) is 67.2 Å². The van der Waals surface area contributed by atoms with E-state index in [2.05, 4.69) is 35.0 Å². The fraction of sp³-hybridized carbons (Fsp3) is 0.520. The van der Waals surface area contributed by atoms with E-state index in [-0.39, 0.29) is 5.60 Å². The van der Waals surface area contributed by atoms with Crippen LogP contribution in [0.2, 0.25) is 0 Å². The van der Waals surface area contributed by atoms with Gasteiger partial charge in [-0.15, -0.1) is 0 Å². The number of nitrogens with zero attached hydrogens (tertiary/aromatic N) is 3. The zero-order valence-corrected chi connectivity index (χ0v) is 18.4. The lowest BCUT2D eigenvalue weighted by molar-refractivity contribution is 0.127. The van der Waals surface area contributed by atoms with Crippen LogP contribution in [0.3, 0.4) is 0 Å². The van der Waals surface area contributed by atoms with Gasteiger partial charge in [-0.1, -0.05) is 36.6 Å². The first-order valence-electron chi connectivity index (χ1n) is 11.5. The second-order valence-corrected chi connectivity index (χ2v) is 9.70. The van der Waals surface area contributed by atoms with Gasteiger partial charge in [-0.25, -0.2) is 4.98 Å². The average Bonchev–Trinajstić information content (AvgIpc) is 3.10. The Morgan fingerprint density at radius 2 is 2.00 bits per heavy atom. The second-order valence-electron chi connectivity index (χ2n) is 9.70. The van der Waals surface area contributed by atoms with E-state index < -0.39 is 0 Å². The Labute approximate surface area is 183 Å². The minimum Gasteiger partial charge on any atom is -0.483 e. The number of aromatic nitrogens is 1. The second kappa shape index (κ2) is 8.06. The van der Waals surface area contributed by atoms with Crippen LogP contribution in [-0.2, 0) is 6.42 Å². The molecule has 1 aromatic carbocycles. The predicted octanol–water partition coefficient (Wildman–Crippen LogP) is 5.24. The zero-order valence-electron chi connectivity index (χ0n) is 18.4. The Kier molecular flexibility index (Phi) is 5.24. The Balaban J connectivity index is 1.42. The molecular formula is C25H31N3O3. The monoisotopic (exact) mass is 421 g/mol. The number of hydrogen-bond acceptors (Lipinski definition) is 5. The summed E-state index contributed by atoms with van der Waals surface area (Å²) in [5.74, 6) is 3.87. The molecule has 0 bridgehead atoms. The lowest BCUT2D eigenvalue weighted by Crippen LogP contribution is -2.45. The van der Waals surface area contributed by atoms with Crippen molar-refractivity contribution in [3.63, 3.8) is 0 Å². The molecule has 0 amide bonds. The first kappa shape index (κ1) is 20.2. The molecule has 164 valence electrons. The fourth-order valence-electron chi connectivity index (χ4n) is 5.49. The molecule has 0 spiro atoms. The summed E-state index contributed by atoms with van der Waals surface area (Å²) in [4.78, 5) is 6.68. The summed E-state index contributed by atoms with van der Waals surface area (Å²) < 4.78 is 12.4. The van der Waals surface area contributed by atoms with Crippen LogP contribution < -0.4 is 9.47 Å². The van der Waals surface area contributed by atoms with Gasteiger partial charge in [0, 0.05) is 31.3 Å². The van der Waals surface area contributed by atoms with Crippen LogP contribution in [0.25, 0.3) is 0 Å². The van der Waals surface area contributed by atoms with Crippen molar-refractivity contribution in [2.75, 3.05) is 13.1 Å². The number of benzene rings is 1. The number of ether oxygens (including phenoxy) is 2. The van der Waals surface area contributed by atoms with Gasteiger partial charge >= 0.3 is 0 Å². The molecule has 1 aliphatic carbocycles. The summed E-state index contributed by atoms with van der Waals surface area (Å²) in [6.07, 6.45) is 8.94. The summed E-state index contributed by atoms with van der Waals surface area (Å²) in [5.41, 5.74) is 1.58. The largest absolute Gasteiger partial charge is 0.483 e. The molecule has 6 heteroatoms. The molecular weight excluding hydrogens is 390 g/mol. The van der Waals surface area contributed by atoms with Crippen LogP contribution >= 0.6 is 0 Å². The fourth-order valence-corrected chi connectivity index (χ4v) is 5.49. The minimum atomic E-state index is -0.253. The molecule has 2 unspecified atom stereocenters. The number of amidine groups is 1. The molecule has 2 atom stereocenters. The summed E-state index contributed by atoms with van der Waals surface area (Å²) in [6, 6.07) is 9.73. The zero-order chi connectivity index (χ0) is 21.4. The van der Waals surface area contributed by atoms with Gasteiger partial charge in [0.1, 0.15) is 5.60 Å². The summed E-state index contributed by atoms with van der Waals surface area (Å²) in [6.45, 7) is 5.98. The third-order valence-corrected chi connectivity index (χ3v) is 6.96. The van der Waals surface area contributed by atoms with E-state index in [1.165, 1.54) is 25.7 Å². The highest BCUT2D eigenvalue weighted by Crippen LogP contribution is 2.44. The molecule has 31 heavy (non-hydrogen) atoms. The van der Waals surface area contributed by atoms with E-state index in [1.54, 1.807) is 6.20 Å². The van der Waals surface area contributed by atoms with Crippen molar-refractivity contribution in [1.82, 2.24) is 9.88 Å². The number of likely N-dealkylation sites (tertiary alicyclic amines) is 1. The van der Waals surface area contributed by atoms with Crippen molar-refractivity contribution in [3.05, 3.63) is 47.7 Å². The van der Waals surface area contributed by atoms with Gasteiger partial charge in [0.15, 0.2) is 17.3 Å². The molecule has 1 N–H and O–H groups in total. The predicted molar refractivity (Wildman–Crippen MR) is 119 cm³/mol. The van der Waals surface area contributed by atoms with Crippen LogP contribution in [0.1, 0.15) is 57.1 Å². The Morgan fingerprint density at radius 3 is 2.84 bits per heavy atom. The van der Waals surface area contributed by atoms with E-state index in [4.69, 9.17) is 9.47 Å². The third-order valence-electron chi connectivity index (χ3n) is 6.96. The standard InChI is InChI=1S/C25H31N3O3/c1-25(2)15-18-9-5-11-21(22(18)31-25)30-24-20(10-6-13-26-24)23(27-29)28-14-12-17-7-3-4-8-19(17)16-28/h5-6,9-11,13,17,19,29H,3-4,7-8,12,14-16H2,1-2H3/b27-23-. The number of pyridine rings is 1. The smallest absolute Gasteiger partial charge is 0.230 e. The Morgan fingerprint density at radius 1 is 1.16 bits per heavy atom. The van der Waals surface area contributed by atoms with Crippen LogP contribution in [0.5, 0.6) is 17.4 Å². The van der Waals surface area contributed by atoms with E-state index in [0.717, 1.165) is 43.2 Å². The molecule has 2 aliphatic heterocycles. The molecule has 2 aromatic rings.